The van der Waals surface area contributed by atoms with E-state index < -0.39 is 0 Å². The molecule has 0 radical (unpaired) electrons. The van der Waals surface area contributed by atoms with Crippen LogP contribution in [-0.4, -0.2) is 16.1 Å². The largest absolute Gasteiger partial charge is 0.451 e. The van der Waals surface area contributed by atoms with E-state index >= 15 is 0 Å². The minimum Gasteiger partial charge on any atom is -0.451 e. The van der Waals surface area contributed by atoms with Crippen LogP contribution in [0, 0.1) is 13.8 Å². The van der Waals surface area contributed by atoms with Gasteiger partial charge in [0, 0.05) is 5.56 Å². The summed E-state index contributed by atoms with van der Waals surface area (Å²) in [5, 5.41) is 5.53. The standard InChI is InChI=1S/C16H14N2O3S/c1-10-3-5-12(6-4-10)13-7-8-22-15(13)16(19)20-9-14-17-11(2)18-21-14/h3-8H,9H2,1-2H3. The molecular formula is C16H14N2O3S. The Labute approximate surface area is 131 Å². The molecule has 2 aromatic heterocycles. The van der Waals surface area contributed by atoms with E-state index in [1.54, 1.807) is 6.92 Å². The number of nitrogens with zero attached hydrogens (tertiary/aromatic N) is 2. The molecule has 0 amide bonds. The van der Waals surface area contributed by atoms with Crippen molar-refractivity contribution in [1.29, 1.82) is 0 Å². The topological polar surface area (TPSA) is 65.2 Å². The minimum atomic E-state index is -0.388. The third kappa shape index (κ3) is 3.07. The lowest BCUT2D eigenvalue weighted by Crippen LogP contribution is -2.04. The minimum absolute atomic E-state index is 0.0229. The van der Waals surface area contributed by atoms with E-state index in [0.29, 0.717) is 16.6 Å². The van der Waals surface area contributed by atoms with E-state index in [9.17, 15) is 4.79 Å². The van der Waals surface area contributed by atoms with E-state index in [4.69, 9.17) is 9.26 Å². The number of hydrogen-bond donors (Lipinski definition) is 0. The SMILES string of the molecule is Cc1ccc(-c2ccsc2C(=O)OCc2nc(C)no2)cc1. The molecule has 0 bridgehead atoms. The second-order valence-electron chi connectivity index (χ2n) is 4.84. The van der Waals surface area contributed by atoms with E-state index in [1.165, 1.54) is 16.9 Å². The Morgan fingerprint density at radius 3 is 2.68 bits per heavy atom. The van der Waals surface area contributed by atoms with Crippen LogP contribution in [-0.2, 0) is 11.3 Å². The van der Waals surface area contributed by atoms with Crippen molar-refractivity contribution in [3.05, 3.63) is 57.9 Å². The Hall–Kier alpha value is -2.47. The number of aromatic nitrogens is 2. The number of carbonyl (C=O) groups is 1. The number of esters is 1. The summed E-state index contributed by atoms with van der Waals surface area (Å²) in [5.41, 5.74) is 3.04. The molecule has 3 aromatic rings. The molecule has 22 heavy (non-hydrogen) atoms. The van der Waals surface area contributed by atoms with Crippen molar-refractivity contribution < 1.29 is 14.1 Å². The van der Waals surface area contributed by atoms with E-state index in [2.05, 4.69) is 10.1 Å². The first kappa shape index (κ1) is 14.5. The third-order valence-electron chi connectivity index (χ3n) is 3.11. The van der Waals surface area contributed by atoms with Crippen LogP contribution >= 0.6 is 11.3 Å². The first-order valence-corrected chi connectivity index (χ1v) is 7.62. The molecule has 0 aliphatic carbocycles. The summed E-state index contributed by atoms with van der Waals surface area (Å²) in [5.74, 6) is 0.420. The molecule has 2 heterocycles. The lowest BCUT2D eigenvalue weighted by atomic mass is 10.1. The zero-order chi connectivity index (χ0) is 15.5. The Morgan fingerprint density at radius 1 is 1.23 bits per heavy atom. The van der Waals surface area contributed by atoms with Gasteiger partial charge in [-0.05, 0) is 30.9 Å². The zero-order valence-corrected chi connectivity index (χ0v) is 13.0. The van der Waals surface area contributed by atoms with Gasteiger partial charge in [0.2, 0.25) is 0 Å². The van der Waals surface area contributed by atoms with Crippen LogP contribution in [0.3, 0.4) is 0 Å². The van der Waals surface area contributed by atoms with Crippen LogP contribution in [0.15, 0.2) is 40.2 Å². The number of thiophene rings is 1. The van der Waals surface area contributed by atoms with Gasteiger partial charge in [-0.1, -0.05) is 35.0 Å². The molecular weight excluding hydrogens is 300 g/mol. The zero-order valence-electron chi connectivity index (χ0n) is 12.2. The molecule has 0 fully saturated rings. The van der Waals surface area contributed by atoms with Crippen molar-refractivity contribution in [2.75, 3.05) is 0 Å². The van der Waals surface area contributed by atoms with Crippen molar-refractivity contribution in [1.82, 2.24) is 10.1 Å². The van der Waals surface area contributed by atoms with Gasteiger partial charge < -0.3 is 9.26 Å². The molecule has 0 aliphatic heterocycles. The molecule has 6 heteroatoms. The summed E-state index contributed by atoms with van der Waals surface area (Å²) in [6.45, 7) is 3.72. The maximum absolute atomic E-state index is 12.2. The molecule has 0 N–H and O–H groups in total. The molecule has 3 rings (SSSR count). The molecule has 0 unspecified atom stereocenters. The summed E-state index contributed by atoms with van der Waals surface area (Å²) in [6, 6.07) is 9.94. The van der Waals surface area contributed by atoms with Gasteiger partial charge >= 0.3 is 5.97 Å². The van der Waals surface area contributed by atoms with Gasteiger partial charge in [-0.15, -0.1) is 11.3 Å². The molecule has 0 saturated heterocycles. The van der Waals surface area contributed by atoms with Gasteiger partial charge in [0.05, 0.1) is 0 Å². The van der Waals surface area contributed by atoms with Crippen molar-refractivity contribution in [3.8, 4) is 11.1 Å². The average molecular weight is 314 g/mol. The molecule has 0 spiro atoms. The van der Waals surface area contributed by atoms with Crippen molar-refractivity contribution in [2.45, 2.75) is 20.5 Å². The summed E-state index contributed by atoms with van der Waals surface area (Å²) >= 11 is 1.36. The fraction of sp³-hybridized carbons (Fsp3) is 0.188. The second-order valence-corrected chi connectivity index (χ2v) is 5.76. The fourth-order valence-electron chi connectivity index (χ4n) is 2.02. The van der Waals surface area contributed by atoms with Crippen molar-refractivity contribution in [2.24, 2.45) is 0 Å². The number of aryl methyl sites for hydroxylation is 2. The quantitative estimate of drug-likeness (QED) is 0.686. The summed E-state index contributed by atoms with van der Waals surface area (Å²) in [7, 11) is 0. The number of ether oxygens (including phenoxy) is 1. The Bertz CT molecular complexity index is 790. The van der Waals surface area contributed by atoms with Crippen molar-refractivity contribution in [3.63, 3.8) is 0 Å². The first-order valence-electron chi connectivity index (χ1n) is 6.74. The first-order chi connectivity index (χ1) is 10.6. The molecule has 1 aromatic carbocycles. The fourth-order valence-corrected chi connectivity index (χ4v) is 2.83. The van der Waals surface area contributed by atoms with E-state index in [-0.39, 0.29) is 12.6 Å². The lowest BCUT2D eigenvalue weighted by molar-refractivity contribution is 0.0436. The molecule has 5 nitrogen and oxygen atoms in total. The molecule has 0 saturated carbocycles. The molecule has 112 valence electrons. The van der Waals surface area contributed by atoms with E-state index in [1.807, 2.05) is 42.6 Å². The highest BCUT2D eigenvalue weighted by molar-refractivity contribution is 7.12. The number of carbonyl (C=O) groups excluding carboxylic acids is 1. The Morgan fingerprint density at radius 2 is 2.00 bits per heavy atom. The Balaban J connectivity index is 1.76. The smallest absolute Gasteiger partial charge is 0.349 e. The number of hydrogen-bond acceptors (Lipinski definition) is 6. The second kappa shape index (κ2) is 6.11. The predicted molar refractivity (Wildman–Crippen MR) is 82.6 cm³/mol. The van der Waals surface area contributed by atoms with Crippen LogP contribution in [0.4, 0.5) is 0 Å². The van der Waals surface area contributed by atoms with Gasteiger partial charge in [0.15, 0.2) is 12.4 Å². The van der Waals surface area contributed by atoms with Gasteiger partial charge in [-0.3, -0.25) is 0 Å². The maximum Gasteiger partial charge on any atom is 0.349 e. The highest BCUT2D eigenvalue weighted by Gasteiger charge is 2.17. The summed E-state index contributed by atoms with van der Waals surface area (Å²) < 4.78 is 10.2. The van der Waals surface area contributed by atoms with Crippen molar-refractivity contribution >= 4 is 17.3 Å². The van der Waals surface area contributed by atoms with Crippen LogP contribution in [0.5, 0.6) is 0 Å². The monoisotopic (exact) mass is 314 g/mol. The third-order valence-corrected chi connectivity index (χ3v) is 4.00. The number of rotatable bonds is 4. The van der Waals surface area contributed by atoms with Gasteiger partial charge in [-0.25, -0.2) is 4.79 Å². The normalized spacial score (nSPS) is 10.6. The van der Waals surface area contributed by atoms with Gasteiger partial charge in [-0.2, -0.15) is 4.98 Å². The summed E-state index contributed by atoms with van der Waals surface area (Å²) in [6.07, 6.45) is 0. The Kier molecular flexibility index (Phi) is 4.02. The van der Waals surface area contributed by atoms with Crippen LogP contribution < -0.4 is 0 Å². The average Bonchev–Trinajstić information content (AvgIpc) is 3.14. The van der Waals surface area contributed by atoms with Gasteiger partial charge in [0.1, 0.15) is 4.88 Å². The maximum atomic E-state index is 12.2. The van der Waals surface area contributed by atoms with E-state index in [0.717, 1.165) is 11.1 Å². The van der Waals surface area contributed by atoms with Crippen LogP contribution in [0.25, 0.3) is 11.1 Å². The molecule has 0 aliphatic rings. The van der Waals surface area contributed by atoms with Crippen LogP contribution in [0.2, 0.25) is 0 Å². The highest BCUT2D eigenvalue weighted by Crippen LogP contribution is 2.29. The number of benzene rings is 1. The van der Waals surface area contributed by atoms with Gasteiger partial charge in [0.25, 0.3) is 5.89 Å². The summed E-state index contributed by atoms with van der Waals surface area (Å²) in [4.78, 5) is 16.8. The van der Waals surface area contributed by atoms with Crippen LogP contribution in [0.1, 0.15) is 27.0 Å². The predicted octanol–water partition coefficient (Wildman–Crippen LogP) is 3.77. The molecule has 0 atom stereocenters. The highest BCUT2D eigenvalue weighted by atomic mass is 32.1. The lowest BCUT2D eigenvalue weighted by Gasteiger charge is -2.04.